The quantitative estimate of drug-likeness (QED) is 0.412. The van der Waals surface area contributed by atoms with Gasteiger partial charge in [-0.15, -0.1) is 0 Å². The van der Waals surface area contributed by atoms with E-state index in [2.05, 4.69) is 54.3 Å². The highest BCUT2D eigenvalue weighted by Gasteiger charge is 2.18. The molecule has 4 heteroatoms. The summed E-state index contributed by atoms with van der Waals surface area (Å²) in [4.78, 5) is 0. The average molecular weight is 435 g/mol. The zero-order valence-corrected chi connectivity index (χ0v) is 20.0. The smallest absolute Gasteiger partial charge is 0.231 e. The van der Waals surface area contributed by atoms with E-state index < -0.39 is 9.52 Å². The molecule has 2 aromatic carbocycles. The van der Waals surface area contributed by atoms with Gasteiger partial charge < -0.3 is 9.47 Å². The van der Waals surface area contributed by atoms with Gasteiger partial charge in [-0.1, -0.05) is 92.3 Å². The Morgan fingerprint density at radius 3 is 1.47 bits per heavy atom. The Kier molecular flexibility index (Phi) is 11.9. The third-order valence-corrected chi connectivity index (χ3v) is 4.91. The van der Waals surface area contributed by atoms with E-state index in [0.717, 1.165) is 17.4 Å². The minimum Gasteiger partial charge on any atom is -0.454 e. The first-order valence-corrected chi connectivity index (χ1v) is 12.2. The van der Waals surface area contributed by atoms with Gasteiger partial charge in [0.1, 0.15) is 0 Å². The summed E-state index contributed by atoms with van der Waals surface area (Å²) in [5, 5.41) is 0. The van der Waals surface area contributed by atoms with Gasteiger partial charge in [0.2, 0.25) is 6.79 Å². The highest BCUT2D eigenvalue weighted by molar-refractivity contribution is 7.99. The van der Waals surface area contributed by atoms with Crippen LogP contribution >= 0.6 is 0 Å². The Morgan fingerprint density at radius 2 is 1.13 bits per heavy atom. The number of benzene rings is 2. The summed E-state index contributed by atoms with van der Waals surface area (Å²) in [6.07, 6.45) is 0. The fraction of sp³-hybridized carbons (Fsp3) is 0.500. The Bertz CT molecular complexity index is 784. The molecule has 0 radical (unpaired) electrons. The molecule has 0 amide bonds. The van der Waals surface area contributed by atoms with E-state index in [1.54, 1.807) is 0 Å². The molecule has 2 aliphatic heterocycles. The largest absolute Gasteiger partial charge is 0.454 e. The highest BCUT2D eigenvalue weighted by atomic mass is 32.2. The van der Waals surface area contributed by atoms with Crippen molar-refractivity contribution in [1.29, 1.82) is 0 Å². The summed E-state index contributed by atoms with van der Waals surface area (Å²) in [5.41, 5.74) is 2.93. The first-order valence-electron chi connectivity index (χ1n) is 10.1. The summed E-state index contributed by atoms with van der Waals surface area (Å²) >= 11 is 0. The normalized spacial score (nSPS) is 14.5. The fourth-order valence-electron chi connectivity index (χ4n) is 2.30. The van der Waals surface area contributed by atoms with Crippen molar-refractivity contribution in [3.63, 3.8) is 0 Å². The number of fused-ring (bicyclic) bond motifs is 2. The summed E-state index contributed by atoms with van der Waals surface area (Å²) in [6.45, 7) is 15.6. The fourth-order valence-corrected chi connectivity index (χ4v) is 4.10. The van der Waals surface area contributed by atoms with Crippen LogP contribution in [0.2, 0.25) is 0 Å². The molecule has 0 unspecified atom stereocenters. The van der Waals surface area contributed by atoms with Gasteiger partial charge in [-0.25, -0.2) is 0 Å². The van der Waals surface area contributed by atoms with Crippen molar-refractivity contribution in [3.05, 3.63) is 59.7 Å². The number of para-hydroxylation sites is 2. The first-order chi connectivity index (χ1) is 13.4. The van der Waals surface area contributed by atoms with E-state index in [9.17, 15) is 4.21 Å². The van der Waals surface area contributed by atoms with Crippen LogP contribution in [0.3, 0.4) is 0 Å². The zero-order chi connectivity index (χ0) is 22.1. The van der Waals surface area contributed by atoms with Crippen LogP contribution in [0.1, 0.15) is 67.0 Å². The molecule has 0 atom stereocenters. The Labute approximate surface area is 185 Å². The van der Waals surface area contributed by atoms with Crippen LogP contribution in [-0.2, 0) is 21.0 Å². The molecule has 4 rings (SSSR count). The lowest BCUT2D eigenvalue weighted by atomic mass is 10.0. The van der Waals surface area contributed by atoms with Gasteiger partial charge >= 0.3 is 0 Å². The maximum Gasteiger partial charge on any atom is 0.231 e. The molecular formula is C26H42O3S. The molecule has 2 heterocycles. The second-order valence-corrected chi connectivity index (χ2v) is 12.1. The van der Waals surface area contributed by atoms with E-state index in [0.29, 0.717) is 23.7 Å². The van der Waals surface area contributed by atoms with Crippen molar-refractivity contribution in [1.82, 2.24) is 0 Å². The van der Waals surface area contributed by atoms with E-state index in [1.165, 1.54) is 11.1 Å². The minimum absolute atomic E-state index is 0. The van der Waals surface area contributed by atoms with Crippen LogP contribution in [0.25, 0.3) is 0 Å². The standard InChI is InChI=1S/C9H10OS.C7H6O2.C5H12.C4H10.CH4/c1-11(10)6-8-4-2-3-5-9(8)7-11;1-2-4-7-6(3-1)8-5-9-7;1-5(2,3)4;1-4(2)3;/h2-5H,1,6-7H2;1-4H,5H2;1-4H3;4H,1-3H3;1H4. The summed E-state index contributed by atoms with van der Waals surface area (Å²) in [7, 11) is -1.81. The number of hydrogen-bond donors (Lipinski definition) is 0. The van der Waals surface area contributed by atoms with Crippen LogP contribution in [0.15, 0.2) is 48.5 Å². The van der Waals surface area contributed by atoms with Crippen molar-refractivity contribution in [2.45, 2.75) is 67.4 Å². The highest BCUT2D eigenvalue weighted by Crippen LogP contribution is 2.30. The molecule has 0 N–H and O–H groups in total. The molecule has 3 nitrogen and oxygen atoms in total. The SMILES string of the molecule is C.C=S1(=O)Cc2ccccc2C1.CC(C)(C)C.CC(C)C.c1ccc2c(c1)OCO2. The third-order valence-electron chi connectivity index (χ3n) is 3.23. The summed E-state index contributed by atoms with van der Waals surface area (Å²) < 4.78 is 21.7. The first kappa shape index (κ1) is 28.1. The number of hydrogen-bond acceptors (Lipinski definition) is 3. The second-order valence-electron chi connectivity index (χ2n) is 9.61. The summed E-state index contributed by atoms with van der Waals surface area (Å²) in [6, 6.07) is 15.7. The van der Waals surface area contributed by atoms with E-state index >= 15 is 0 Å². The van der Waals surface area contributed by atoms with Crippen molar-refractivity contribution >= 4 is 15.4 Å². The monoisotopic (exact) mass is 434 g/mol. The van der Waals surface area contributed by atoms with Crippen LogP contribution < -0.4 is 9.47 Å². The molecule has 0 spiro atoms. The molecule has 0 aliphatic carbocycles. The topological polar surface area (TPSA) is 35.5 Å². The molecule has 0 fully saturated rings. The van der Waals surface area contributed by atoms with E-state index in [-0.39, 0.29) is 7.43 Å². The summed E-state index contributed by atoms with van der Waals surface area (Å²) in [5.74, 6) is 7.57. The molecule has 170 valence electrons. The van der Waals surface area contributed by atoms with Gasteiger partial charge in [0.25, 0.3) is 0 Å². The molecule has 0 bridgehead atoms. The molecule has 0 saturated carbocycles. The van der Waals surface area contributed by atoms with Gasteiger partial charge in [-0.2, -0.15) is 0 Å². The Balaban J connectivity index is 0.000000401. The van der Waals surface area contributed by atoms with Gasteiger partial charge in [0.15, 0.2) is 11.5 Å². The lowest BCUT2D eigenvalue weighted by Crippen LogP contribution is -1.94. The van der Waals surface area contributed by atoms with Crippen molar-refractivity contribution in [2.24, 2.45) is 11.3 Å². The Hall–Kier alpha value is -1.94. The van der Waals surface area contributed by atoms with Crippen LogP contribution in [0.5, 0.6) is 11.5 Å². The van der Waals surface area contributed by atoms with Crippen LogP contribution in [0.4, 0.5) is 0 Å². The molecular weight excluding hydrogens is 392 g/mol. The lowest BCUT2D eigenvalue weighted by Gasteiger charge is -2.05. The van der Waals surface area contributed by atoms with E-state index in [4.69, 9.17) is 9.47 Å². The number of ether oxygens (including phenoxy) is 2. The van der Waals surface area contributed by atoms with Crippen molar-refractivity contribution in [2.75, 3.05) is 6.79 Å². The Morgan fingerprint density at radius 1 is 0.833 bits per heavy atom. The van der Waals surface area contributed by atoms with Gasteiger partial charge in [0, 0.05) is 11.5 Å². The van der Waals surface area contributed by atoms with Crippen molar-refractivity contribution in [3.8, 4) is 11.5 Å². The third kappa shape index (κ3) is 12.6. The molecule has 0 aromatic heterocycles. The molecule has 2 aromatic rings. The molecule has 0 saturated heterocycles. The van der Waals surface area contributed by atoms with Gasteiger partial charge in [-0.05, 0) is 50.0 Å². The van der Waals surface area contributed by atoms with Crippen molar-refractivity contribution < 1.29 is 13.7 Å². The lowest BCUT2D eigenvalue weighted by molar-refractivity contribution is 0.174. The molecule has 30 heavy (non-hydrogen) atoms. The molecule has 2 aliphatic rings. The van der Waals surface area contributed by atoms with Crippen LogP contribution in [-0.4, -0.2) is 16.9 Å². The van der Waals surface area contributed by atoms with Gasteiger partial charge in [0.05, 0.1) is 0 Å². The predicted molar refractivity (Wildman–Crippen MR) is 134 cm³/mol. The minimum atomic E-state index is -1.81. The average Bonchev–Trinajstić information content (AvgIpc) is 3.15. The maximum atomic E-state index is 11.5. The van der Waals surface area contributed by atoms with E-state index in [1.807, 2.05) is 48.5 Å². The van der Waals surface area contributed by atoms with Gasteiger partial charge in [-0.3, -0.25) is 4.21 Å². The maximum absolute atomic E-state index is 11.5. The predicted octanol–water partition coefficient (Wildman–Crippen LogP) is 7.18. The zero-order valence-electron chi connectivity index (χ0n) is 19.2. The second kappa shape index (κ2) is 12.7. The number of rotatable bonds is 0. The van der Waals surface area contributed by atoms with Crippen LogP contribution in [0, 0.1) is 11.3 Å².